The van der Waals surface area contributed by atoms with Gasteiger partial charge in [-0.15, -0.1) is 20.4 Å². The number of anilines is 3. The van der Waals surface area contributed by atoms with Gasteiger partial charge in [0.05, 0.1) is 6.42 Å². The number of hydrogen-bond donors (Lipinski definition) is 2. The predicted molar refractivity (Wildman–Crippen MR) is 119 cm³/mol. The van der Waals surface area contributed by atoms with E-state index < -0.39 is 0 Å². The fourth-order valence-corrected chi connectivity index (χ4v) is 4.22. The van der Waals surface area contributed by atoms with E-state index in [2.05, 4.69) is 31.0 Å². The summed E-state index contributed by atoms with van der Waals surface area (Å²) in [4.78, 5) is 24.7. The van der Waals surface area contributed by atoms with Gasteiger partial charge in [0.2, 0.25) is 22.6 Å². The summed E-state index contributed by atoms with van der Waals surface area (Å²) >= 11 is 2.78. The van der Waals surface area contributed by atoms with E-state index in [4.69, 9.17) is 0 Å². The smallest absolute Gasteiger partial charge is 0.230 e. The normalized spacial score (nSPS) is 10.6. The number of benzene rings is 1. The molecule has 3 aromatic rings. The number of rotatable bonds is 11. The molecule has 0 aliphatic carbocycles. The van der Waals surface area contributed by atoms with E-state index in [0.29, 0.717) is 23.1 Å². The van der Waals surface area contributed by atoms with E-state index in [1.807, 2.05) is 43.3 Å². The molecule has 9 nitrogen and oxygen atoms in total. The van der Waals surface area contributed by atoms with Gasteiger partial charge in [-0.05, 0) is 30.5 Å². The molecule has 0 spiro atoms. The van der Waals surface area contributed by atoms with Crippen LogP contribution in [0.2, 0.25) is 0 Å². The van der Waals surface area contributed by atoms with Crippen molar-refractivity contribution in [2.75, 3.05) is 29.6 Å². The quantitative estimate of drug-likeness (QED) is 0.345. The average molecular weight is 446 g/mol. The predicted octanol–water partition coefficient (Wildman–Crippen LogP) is 2.77. The molecule has 2 heterocycles. The molecule has 2 N–H and O–H groups in total. The Bertz CT molecular complexity index is 969. The van der Waals surface area contributed by atoms with Gasteiger partial charge in [-0.3, -0.25) is 9.59 Å². The van der Waals surface area contributed by atoms with Crippen LogP contribution >= 0.6 is 22.7 Å². The summed E-state index contributed by atoms with van der Waals surface area (Å²) in [6, 6.07) is 7.90. The van der Waals surface area contributed by atoms with E-state index in [1.165, 1.54) is 22.7 Å². The first-order valence-electron chi connectivity index (χ1n) is 9.44. The van der Waals surface area contributed by atoms with Crippen LogP contribution in [0.5, 0.6) is 0 Å². The fraction of sp³-hybridized carbons (Fsp3) is 0.368. The second kappa shape index (κ2) is 10.7. The minimum Gasteiger partial charge on any atom is -0.378 e. The van der Waals surface area contributed by atoms with Gasteiger partial charge < -0.3 is 15.5 Å². The standard InChI is InChI=1S/C19H23N7O2S2/c1-26(2)14-9-7-13(8-10-14)11-15(28)21-19-25-23-17(30-19)6-4-3-5-16-22-24-18(29-16)20-12-27/h7-10,12H,3-6,11H2,1-2H3,(H,20,24,27)(H,21,25,28). The lowest BCUT2D eigenvalue weighted by molar-refractivity contribution is -0.115. The van der Waals surface area contributed by atoms with Crippen molar-refractivity contribution < 1.29 is 9.59 Å². The monoisotopic (exact) mass is 445 g/mol. The second-order valence-electron chi connectivity index (χ2n) is 6.76. The molecule has 0 atom stereocenters. The van der Waals surface area contributed by atoms with E-state index in [1.54, 1.807) is 0 Å². The molecule has 0 aliphatic rings. The number of nitrogens with one attached hydrogen (secondary N) is 2. The van der Waals surface area contributed by atoms with Gasteiger partial charge in [0.25, 0.3) is 0 Å². The summed E-state index contributed by atoms with van der Waals surface area (Å²) in [6.45, 7) is 0. The largest absolute Gasteiger partial charge is 0.378 e. The third-order valence-corrected chi connectivity index (χ3v) is 6.02. The maximum absolute atomic E-state index is 12.3. The number of aryl methyl sites for hydroxylation is 2. The van der Waals surface area contributed by atoms with Gasteiger partial charge in [-0.2, -0.15) is 0 Å². The molecule has 0 unspecified atom stereocenters. The van der Waals surface area contributed by atoms with Gasteiger partial charge in [0.1, 0.15) is 10.0 Å². The lowest BCUT2D eigenvalue weighted by Crippen LogP contribution is -2.14. The van der Waals surface area contributed by atoms with E-state index in [9.17, 15) is 9.59 Å². The van der Waals surface area contributed by atoms with Gasteiger partial charge in [0, 0.05) is 32.6 Å². The maximum atomic E-state index is 12.3. The molecule has 0 saturated heterocycles. The fourth-order valence-electron chi connectivity index (χ4n) is 2.68. The van der Waals surface area contributed by atoms with Crippen LogP contribution in [0.3, 0.4) is 0 Å². The van der Waals surface area contributed by atoms with Gasteiger partial charge in [-0.25, -0.2) is 0 Å². The molecular formula is C19H23N7O2S2. The molecule has 2 aromatic heterocycles. The molecule has 11 heteroatoms. The zero-order valence-corrected chi connectivity index (χ0v) is 18.4. The maximum Gasteiger partial charge on any atom is 0.230 e. The first-order valence-corrected chi connectivity index (χ1v) is 11.1. The van der Waals surface area contributed by atoms with Crippen LogP contribution in [0.4, 0.5) is 16.0 Å². The Balaban J connectivity index is 1.39. The van der Waals surface area contributed by atoms with Crippen LogP contribution in [0.15, 0.2) is 24.3 Å². The van der Waals surface area contributed by atoms with E-state index in [-0.39, 0.29) is 5.91 Å². The Morgan fingerprint density at radius 3 is 2.17 bits per heavy atom. The number of amides is 2. The van der Waals surface area contributed by atoms with Crippen LogP contribution in [-0.4, -0.2) is 46.8 Å². The minimum atomic E-state index is -0.105. The highest BCUT2D eigenvalue weighted by Gasteiger charge is 2.10. The van der Waals surface area contributed by atoms with Crippen LogP contribution in [0.1, 0.15) is 28.4 Å². The number of hydrogen-bond acceptors (Lipinski definition) is 9. The summed E-state index contributed by atoms with van der Waals surface area (Å²) in [5.74, 6) is -0.105. The van der Waals surface area contributed by atoms with Crippen molar-refractivity contribution in [3.63, 3.8) is 0 Å². The van der Waals surface area contributed by atoms with Crippen molar-refractivity contribution in [2.24, 2.45) is 0 Å². The zero-order chi connectivity index (χ0) is 21.3. The summed E-state index contributed by atoms with van der Waals surface area (Å²) < 4.78 is 0. The molecule has 30 heavy (non-hydrogen) atoms. The lowest BCUT2D eigenvalue weighted by Gasteiger charge is -2.12. The first kappa shape index (κ1) is 21.8. The zero-order valence-electron chi connectivity index (χ0n) is 16.8. The lowest BCUT2D eigenvalue weighted by atomic mass is 10.1. The molecule has 1 aromatic carbocycles. The average Bonchev–Trinajstić information content (AvgIpc) is 3.35. The Labute approximate surface area is 182 Å². The number of unbranched alkanes of at least 4 members (excludes halogenated alkanes) is 1. The van der Waals surface area contributed by atoms with Crippen molar-refractivity contribution in [2.45, 2.75) is 32.1 Å². The number of carbonyl (C=O) groups is 2. The van der Waals surface area contributed by atoms with Crippen LogP contribution in [0.25, 0.3) is 0 Å². The Kier molecular flexibility index (Phi) is 7.80. The number of aromatic nitrogens is 4. The SMILES string of the molecule is CN(C)c1ccc(CC(=O)Nc2nnc(CCCCc3nnc(NC=O)s3)s2)cc1. The third kappa shape index (κ3) is 6.56. The molecule has 158 valence electrons. The summed E-state index contributed by atoms with van der Waals surface area (Å²) in [5, 5.41) is 24.3. The highest BCUT2D eigenvalue weighted by atomic mass is 32.1. The molecule has 0 bridgehead atoms. The topological polar surface area (TPSA) is 113 Å². The Hall–Kier alpha value is -2.92. The molecule has 0 saturated carbocycles. The van der Waals surface area contributed by atoms with Crippen LogP contribution < -0.4 is 15.5 Å². The highest BCUT2D eigenvalue weighted by Crippen LogP contribution is 2.20. The van der Waals surface area contributed by atoms with Crippen LogP contribution in [0, 0.1) is 0 Å². The molecule has 0 fully saturated rings. The van der Waals surface area contributed by atoms with Crippen molar-refractivity contribution in [1.29, 1.82) is 0 Å². The second-order valence-corrected chi connectivity index (χ2v) is 8.88. The Morgan fingerprint density at radius 1 is 0.967 bits per heavy atom. The third-order valence-electron chi connectivity index (χ3n) is 4.21. The summed E-state index contributed by atoms with van der Waals surface area (Å²) in [6.07, 6.45) is 4.34. The van der Waals surface area contributed by atoms with Gasteiger partial charge in [-0.1, -0.05) is 34.8 Å². The van der Waals surface area contributed by atoms with Crippen molar-refractivity contribution in [3.05, 3.63) is 39.8 Å². The first-order chi connectivity index (χ1) is 14.5. The molecule has 0 radical (unpaired) electrons. The van der Waals surface area contributed by atoms with Crippen molar-refractivity contribution in [3.8, 4) is 0 Å². The highest BCUT2D eigenvalue weighted by molar-refractivity contribution is 7.15. The minimum absolute atomic E-state index is 0.105. The molecule has 3 rings (SSSR count). The number of carbonyl (C=O) groups excluding carboxylic acids is 2. The molecule has 0 aliphatic heterocycles. The van der Waals surface area contributed by atoms with Gasteiger partial charge >= 0.3 is 0 Å². The van der Waals surface area contributed by atoms with Crippen LogP contribution in [-0.2, 0) is 28.9 Å². The summed E-state index contributed by atoms with van der Waals surface area (Å²) in [5.41, 5.74) is 2.04. The van der Waals surface area contributed by atoms with Crippen molar-refractivity contribution in [1.82, 2.24) is 20.4 Å². The van der Waals surface area contributed by atoms with Gasteiger partial charge in [0.15, 0.2) is 0 Å². The Morgan fingerprint density at radius 2 is 1.57 bits per heavy atom. The number of nitrogens with zero attached hydrogens (tertiary/aromatic N) is 5. The van der Waals surface area contributed by atoms with Crippen molar-refractivity contribution >= 4 is 50.9 Å². The molecule has 2 amide bonds. The summed E-state index contributed by atoms with van der Waals surface area (Å²) in [7, 11) is 3.96. The van der Waals surface area contributed by atoms with E-state index in [0.717, 1.165) is 46.9 Å². The van der Waals surface area contributed by atoms with E-state index >= 15 is 0 Å². The molecular weight excluding hydrogens is 422 g/mol.